The Bertz CT molecular complexity index is 985. The highest BCUT2D eigenvalue weighted by Crippen LogP contribution is 2.26. The van der Waals surface area contributed by atoms with Gasteiger partial charge in [-0.3, -0.25) is 14.6 Å². The van der Waals surface area contributed by atoms with Crippen LogP contribution in [0, 0.1) is 12.8 Å². The van der Waals surface area contributed by atoms with E-state index in [0.29, 0.717) is 13.1 Å². The minimum Gasteiger partial charge on any atom is -0.350 e. The molecule has 142 valence electrons. The molecule has 7 heteroatoms. The minimum absolute atomic E-state index is 0.0184. The van der Waals surface area contributed by atoms with Crippen molar-refractivity contribution in [1.29, 1.82) is 0 Å². The summed E-state index contributed by atoms with van der Waals surface area (Å²) in [6.07, 6.45) is 1.96. The number of nitrogens with zero attached hydrogens (tertiary/aromatic N) is 3. The fraction of sp³-hybridized carbons (Fsp3) is 0.238. The van der Waals surface area contributed by atoms with Crippen molar-refractivity contribution in [2.45, 2.75) is 19.9 Å². The molecule has 4 rings (SSSR count). The van der Waals surface area contributed by atoms with Crippen LogP contribution in [0.4, 0.5) is 5.69 Å². The summed E-state index contributed by atoms with van der Waals surface area (Å²) < 4.78 is 0. The van der Waals surface area contributed by atoms with E-state index in [-0.39, 0.29) is 24.2 Å². The van der Waals surface area contributed by atoms with E-state index in [1.54, 1.807) is 11.1 Å². The molecule has 1 aromatic carbocycles. The molecule has 0 spiro atoms. The molecule has 3 aromatic rings. The standard InChI is InChI=1S/C21H20N4O2S/c1-14-5-7-17(8-6-14)25-12-15(10-19(25)26)20(27)23-11-16-13-28-21(24-16)18-4-2-3-9-22-18/h2-9,13,15H,10-12H2,1H3,(H,23,27). The van der Waals surface area contributed by atoms with E-state index in [4.69, 9.17) is 0 Å². The predicted molar refractivity (Wildman–Crippen MR) is 109 cm³/mol. The van der Waals surface area contributed by atoms with E-state index in [1.165, 1.54) is 11.3 Å². The molecule has 1 saturated heterocycles. The van der Waals surface area contributed by atoms with Crippen LogP contribution in [0.2, 0.25) is 0 Å². The summed E-state index contributed by atoms with van der Waals surface area (Å²) in [6.45, 7) is 2.75. The van der Waals surface area contributed by atoms with Crippen molar-refractivity contribution >= 4 is 28.8 Å². The fourth-order valence-electron chi connectivity index (χ4n) is 3.17. The molecule has 0 radical (unpaired) electrons. The van der Waals surface area contributed by atoms with Gasteiger partial charge in [-0.25, -0.2) is 4.98 Å². The SMILES string of the molecule is Cc1ccc(N2CC(C(=O)NCc3csc(-c4ccccn4)n3)CC2=O)cc1. The normalized spacial score (nSPS) is 16.4. The van der Waals surface area contributed by atoms with E-state index in [1.807, 2.05) is 54.8 Å². The molecule has 0 saturated carbocycles. The van der Waals surface area contributed by atoms with Crippen molar-refractivity contribution in [2.75, 3.05) is 11.4 Å². The lowest BCUT2D eigenvalue weighted by atomic mass is 10.1. The van der Waals surface area contributed by atoms with E-state index < -0.39 is 0 Å². The Kier molecular flexibility index (Phi) is 5.16. The molecule has 1 aliphatic heterocycles. The van der Waals surface area contributed by atoms with Gasteiger partial charge >= 0.3 is 0 Å². The minimum atomic E-state index is -0.345. The molecule has 0 aliphatic carbocycles. The molecule has 1 aliphatic rings. The van der Waals surface area contributed by atoms with Gasteiger partial charge in [-0.05, 0) is 31.2 Å². The summed E-state index contributed by atoms with van der Waals surface area (Å²) in [5, 5.41) is 5.66. The lowest BCUT2D eigenvalue weighted by Gasteiger charge is -2.16. The smallest absolute Gasteiger partial charge is 0.227 e. The highest BCUT2D eigenvalue weighted by Gasteiger charge is 2.35. The highest BCUT2D eigenvalue weighted by molar-refractivity contribution is 7.13. The maximum absolute atomic E-state index is 12.5. The largest absolute Gasteiger partial charge is 0.350 e. The molecule has 28 heavy (non-hydrogen) atoms. The molecule has 6 nitrogen and oxygen atoms in total. The first-order valence-corrected chi connectivity index (χ1v) is 9.98. The van der Waals surface area contributed by atoms with Gasteiger partial charge in [-0.1, -0.05) is 23.8 Å². The van der Waals surface area contributed by atoms with Crippen molar-refractivity contribution in [1.82, 2.24) is 15.3 Å². The van der Waals surface area contributed by atoms with Crippen molar-refractivity contribution < 1.29 is 9.59 Å². The Balaban J connectivity index is 1.35. The summed E-state index contributed by atoms with van der Waals surface area (Å²) >= 11 is 1.50. The van der Waals surface area contributed by atoms with Gasteiger partial charge in [0.15, 0.2) is 0 Å². The van der Waals surface area contributed by atoms with Crippen molar-refractivity contribution in [3.8, 4) is 10.7 Å². The van der Waals surface area contributed by atoms with Crippen molar-refractivity contribution in [3.05, 3.63) is 65.3 Å². The number of carbonyl (C=O) groups excluding carboxylic acids is 2. The second kappa shape index (κ2) is 7.90. The number of aryl methyl sites for hydroxylation is 1. The van der Waals surface area contributed by atoms with Gasteiger partial charge in [0.2, 0.25) is 11.8 Å². The zero-order valence-corrected chi connectivity index (χ0v) is 16.3. The van der Waals surface area contributed by atoms with Crippen molar-refractivity contribution in [2.24, 2.45) is 5.92 Å². The maximum Gasteiger partial charge on any atom is 0.227 e. The molecule has 1 atom stereocenters. The van der Waals surface area contributed by atoms with Gasteiger partial charge in [0.25, 0.3) is 0 Å². The van der Waals surface area contributed by atoms with Gasteiger partial charge in [0.1, 0.15) is 5.01 Å². The van der Waals surface area contributed by atoms with E-state index >= 15 is 0 Å². The average molecular weight is 392 g/mol. The van der Waals surface area contributed by atoms with E-state index in [0.717, 1.165) is 27.6 Å². The molecule has 1 fully saturated rings. The van der Waals surface area contributed by atoms with Gasteiger partial charge in [0.05, 0.1) is 23.9 Å². The number of aromatic nitrogens is 2. The van der Waals surface area contributed by atoms with Gasteiger partial charge < -0.3 is 10.2 Å². The van der Waals surface area contributed by atoms with Crippen LogP contribution in [0.25, 0.3) is 10.7 Å². The zero-order valence-electron chi connectivity index (χ0n) is 15.5. The quantitative estimate of drug-likeness (QED) is 0.724. The van der Waals surface area contributed by atoms with Crippen molar-refractivity contribution in [3.63, 3.8) is 0 Å². The molecule has 2 amide bonds. The van der Waals surface area contributed by atoms with Gasteiger partial charge in [-0.2, -0.15) is 0 Å². The first-order valence-electron chi connectivity index (χ1n) is 9.11. The average Bonchev–Trinajstić information content (AvgIpc) is 3.34. The third-order valence-electron chi connectivity index (χ3n) is 4.72. The Morgan fingerprint density at radius 2 is 2.07 bits per heavy atom. The maximum atomic E-state index is 12.5. The zero-order chi connectivity index (χ0) is 19.5. The molecular formula is C21H20N4O2S. The molecule has 1 N–H and O–H groups in total. The van der Waals surface area contributed by atoms with Crippen LogP contribution in [0.1, 0.15) is 17.7 Å². The van der Waals surface area contributed by atoms with E-state index in [2.05, 4.69) is 15.3 Å². The number of hydrogen-bond acceptors (Lipinski definition) is 5. The first-order chi connectivity index (χ1) is 13.6. The molecule has 0 bridgehead atoms. The fourth-order valence-corrected chi connectivity index (χ4v) is 3.97. The van der Waals surface area contributed by atoms with E-state index in [9.17, 15) is 9.59 Å². The molecule has 1 unspecified atom stereocenters. The van der Waals surface area contributed by atoms with Crippen LogP contribution >= 0.6 is 11.3 Å². The lowest BCUT2D eigenvalue weighted by Crippen LogP contribution is -2.32. The number of rotatable bonds is 5. The van der Waals surface area contributed by atoms with Crippen LogP contribution in [0.15, 0.2) is 54.0 Å². The van der Waals surface area contributed by atoms with Crippen LogP contribution < -0.4 is 10.2 Å². The summed E-state index contributed by atoms with van der Waals surface area (Å²) in [4.78, 5) is 35.4. The number of benzene rings is 1. The van der Waals surface area contributed by atoms with Gasteiger partial charge in [0, 0.05) is 30.2 Å². The number of pyridine rings is 1. The van der Waals surface area contributed by atoms with Crippen LogP contribution in [-0.2, 0) is 16.1 Å². The Hall–Kier alpha value is -3.06. The first kappa shape index (κ1) is 18.3. The number of thiazole rings is 1. The monoisotopic (exact) mass is 392 g/mol. The highest BCUT2D eigenvalue weighted by atomic mass is 32.1. The molecular weight excluding hydrogens is 372 g/mol. The second-order valence-corrected chi connectivity index (χ2v) is 7.68. The van der Waals surface area contributed by atoms with Crippen LogP contribution in [0.5, 0.6) is 0 Å². The number of hydrogen-bond donors (Lipinski definition) is 1. The topological polar surface area (TPSA) is 75.2 Å². The van der Waals surface area contributed by atoms with Gasteiger partial charge in [-0.15, -0.1) is 11.3 Å². The molecule has 2 aromatic heterocycles. The number of nitrogens with one attached hydrogen (secondary N) is 1. The predicted octanol–water partition coefficient (Wildman–Crippen LogP) is 3.18. The number of carbonyl (C=O) groups is 2. The number of anilines is 1. The summed E-state index contributed by atoms with van der Waals surface area (Å²) in [6, 6.07) is 13.5. The van der Waals surface area contributed by atoms with Crippen LogP contribution in [0.3, 0.4) is 0 Å². The Labute approximate surface area is 167 Å². The second-order valence-electron chi connectivity index (χ2n) is 6.82. The summed E-state index contributed by atoms with van der Waals surface area (Å²) in [7, 11) is 0. The third-order valence-corrected chi connectivity index (χ3v) is 5.63. The molecule has 3 heterocycles. The van der Waals surface area contributed by atoms with Crippen LogP contribution in [-0.4, -0.2) is 28.3 Å². The third kappa shape index (κ3) is 3.94. The number of amides is 2. The summed E-state index contributed by atoms with van der Waals surface area (Å²) in [5.74, 6) is -0.479. The Morgan fingerprint density at radius 1 is 1.25 bits per heavy atom. The summed E-state index contributed by atoms with van der Waals surface area (Å²) in [5.41, 5.74) is 3.59. The Morgan fingerprint density at radius 3 is 2.82 bits per heavy atom. The lowest BCUT2D eigenvalue weighted by molar-refractivity contribution is -0.126.